The Morgan fingerprint density at radius 1 is 0.104 bits per heavy atom. The number of aromatic nitrogens is 7. The Morgan fingerprint density at radius 2 is 0.299 bits per heavy atom. The summed E-state index contributed by atoms with van der Waals surface area (Å²) in [6, 6.07) is 161. The van der Waals surface area contributed by atoms with Crippen molar-refractivity contribution in [2.24, 2.45) is 49.3 Å². The molecule has 0 N–H and O–H groups in total. The smallest absolute Gasteiger partial charge is 0.0568 e. The predicted octanol–water partition coefficient (Wildman–Crippen LogP) is 33.7. The van der Waals surface area contributed by atoms with Gasteiger partial charge in [0.25, 0.3) is 0 Å². The first-order chi connectivity index (χ1) is 66.0. The van der Waals surface area contributed by atoms with Gasteiger partial charge in [0.1, 0.15) is 0 Å². The molecule has 0 aliphatic carbocycles. The lowest BCUT2D eigenvalue weighted by Crippen LogP contribution is -1.88. The van der Waals surface area contributed by atoms with Gasteiger partial charge in [0.2, 0.25) is 0 Å². The lowest BCUT2D eigenvalue weighted by atomic mass is 10.0. The molecule has 0 atom stereocenters. The molecule has 7 nitrogen and oxygen atoms in total. The number of rotatable bonds is 0. The van der Waals surface area contributed by atoms with Gasteiger partial charge in [-0.3, -0.25) is 0 Å². The molecule has 0 unspecified atom stereocenters. The van der Waals surface area contributed by atoms with Crippen LogP contribution in [-0.4, -0.2) is 32.0 Å². The molecule has 0 saturated carbocycles. The van der Waals surface area contributed by atoms with E-state index in [-0.39, 0.29) is 0 Å². The number of fused-ring (bicyclic) bond motifs is 37. The van der Waals surface area contributed by atoms with Crippen molar-refractivity contribution >= 4 is 250 Å². The minimum atomic E-state index is 1.29. The van der Waals surface area contributed by atoms with Crippen LogP contribution in [0.4, 0.5) is 0 Å². The fourth-order valence-corrected chi connectivity index (χ4v) is 22.1. The van der Waals surface area contributed by atoms with E-state index in [0.29, 0.717) is 0 Å². The van der Waals surface area contributed by atoms with E-state index in [1.165, 1.54) is 250 Å². The van der Waals surface area contributed by atoms with E-state index in [9.17, 15) is 0 Å². The van der Waals surface area contributed by atoms with Crippen LogP contribution in [0.25, 0.3) is 250 Å². The maximum absolute atomic E-state index is 2.36. The lowest BCUT2D eigenvalue weighted by molar-refractivity contribution is 1.01. The molecule has 0 aliphatic heterocycles. The molecule has 0 radical (unpaired) electrons. The van der Waals surface area contributed by atoms with Crippen LogP contribution in [0.5, 0.6) is 0 Å². The Bertz CT molecular complexity index is 9700. The highest BCUT2D eigenvalue weighted by atomic mass is 15.0. The maximum Gasteiger partial charge on any atom is 0.0568 e. The maximum atomic E-state index is 2.36. The molecule has 7 aromatic heterocycles. The molecule has 0 bridgehead atoms. The average Bonchev–Trinajstić information content (AvgIpc) is 1.60. The van der Waals surface area contributed by atoms with Crippen molar-refractivity contribution in [1.29, 1.82) is 0 Å². The fraction of sp³-hybridized carbons (Fsp3) is 0.0551. The minimum absolute atomic E-state index is 1.29. The van der Waals surface area contributed by atoms with E-state index < -0.39 is 0 Å². The second-order valence-electron chi connectivity index (χ2n) is 35.7. The summed E-state index contributed by atoms with van der Waals surface area (Å²) in [5.41, 5.74) is 18.3. The summed E-state index contributed by atoms with van der Waals surface area (Å²) in [5, 5.41) is 42.4. The van der Waals surface area contributed by atoms with Crippen LogP contribution < -0.4 is 0 Å². The molecule has 7 heterocycles. The normalized spacial score (nSPS) is 11.7. The highest BCUT2D eigenvalue weighted by Gasteiger charge is 2.20. The first kappa shape index (κ1) is 80.3. The monoisotopic (exact) mass is 1720 g/mol. The van der Waals surface area contributed by atoms with E-state index >= 15 is 0 Å². The third-order valence-electron chi connectivity index (χ3n) is 28.5. The summed E-state index contributed by atoms with van der Waals surface area (Å²) < 4.78 is 16.1. The van der Waals surface area contributed by atoms with Gasteiger partial charge in [-0.2, -0.15) is 0 Å². The van der Waals surface area contributed by atoms with E-state index in [2.05, 4.69) is 530 Å². The zero-order chi connectivity index (χ0) is 89.9. The number of benzene rings is 23. The molecule has 30 aromatic rings. The quantitative estimate of drug-likeness (QED) is 0.145. The highest BCUT2D eigenvalue weighted by Crippen LogP contribution is 2.43. The van der Waals surface area contributed by atoms with Crippen LogP contribution in [0.2, 0.25) is 0 Å². The molecule has 7 heteroatoms. The fourth-order valence-electron chi connectivity index (χ4n) is 22.1. The van der Waals surface area contributed by atoms with Gasteiger partial charge in [-0.25, -0.2) is 0 Å². The van der Waals surface area contributed by atoms with Gasteiger partial charge in [-0.05, 0) is 137 Å². The van der Waals surface area contributed by atoms with Crippen molar-refractivity contribution in [1.82, 2.24) is 32.0 Å². The summed E-state index contributed by atoms with van der Waals surface area (Å²) in [6.07, 6.45) is 0. The van der Waals surface area contributed by atoms with Gasteiger partial charge < -0.3 is 32.0 Å². The standard InChI is InChI=1S/3C21H15N.3C17H13N.C13H11N/c1-22-19-13-11-14-6-2-4-8-16(14)20(19)18-12-10-15-7-3-5-9-17(15)21(18)22;1-22-20-16-8-4-2-6-14(16)10-12-18(20)19-13-11-15-7-3-5-9-17(15)21(19)22;1-22-20-13-16-8-3-2-7-15(16)12-19(20)18-11-10-14-6-4-5-9-17(14)21(18)22;1-18-16-9-5-4-8-14(16)15-10-12-6-2-3-7-13(12)11-17(15)18;1-18-16-9-5-4-8-14(16)15-11-10-12-6-2-3-7-13(12)17(15)18;1-18-15-9-5-4-8-14(15)17-13-7-3-2-6-12(13)10-11-16(17)18;1-14-12-8-4-2-6-10(12)11-7-3-5-9-13(11)14/h3*2-13H,1H3;3*2-11H,1H3;2-9H,1H3. The van der Waals surface area contributed by atoms with Crippen LogP contribution in [-0.2, 0) is 49.3 Å². The Morgan fingerprint density at radius 3 is 0.687 bits per heavy atom. The number of hydrogen-bond acceptors (Lipinski definition) is 0. The SMILES string of the molecule is Cn1c2c3ccccc3ccc2c2ccc3ccccc3c21.Cn1c2cc3ccccc3cc2c2ccc3ccccc3c21.Cn1c2ccc3ccccc3c2c2ccc3ccccc3c21.Cn1c2ccccc2c2c3ccccc3ccc21.Cn1c2ccccc2c2cc3ccccc3cc21.Cn1c2ccccc2c2ccc3ccccc3c21.Cn1c2ccccc2c2ccccc21. The Kier molecular flexibility index (Phi) is 19.7. The zero-order valence-electron chi connectivity index (χ0n) is 75.9. The first-order valence-corrected chi connectivity index (χ1v) is 46.3. The molecule has 134 heavy (non-hydrogen) atoms. The summed E-state index contributed by atoms with van der Waals surface area (Å²) >= 11 is 0. The van der Waals surface area contributed by atoms with Crippen molar-refractivity contribution in [2.45, 2.75) is 0 Å². The zero-order valence-corrected chi connectivity index (χ0v) is 75.9. The molecular weight excluding hydrogens is 1620 g/mol. The van der Waals surface area contributed by atoms with E-state index in [4.69, 9.17) is 0 Å². The highest BCUT2D eigenvalue weighted by molar-refractivity contribution is 6.28. The molecule has 0 fully saturated rings. The van der Waals surface area contributed by atoms with Crippen LogP contribution in [0.1, 0.15) is 0 Å². The summed E-state index contributed by atoms with van der Waals surface area (Å²) in [7, 11) is 15.1. The van der Waals surface area contributed by atoms with Gasteiger partial charge in [0.05, 0.1) is 27.6 Å². The van der Waals surface area contributed by atoms with Gasteiger partial charge >= 0.3 is 0 Å². The number of aryl methyl sites for hydroxylation is 7. The number of nitrogens with zero attached hydrogens (tertiary/aromatic N) is 7. The first-order valence-electron chi connectivity index (χ1n) is 46.3. The van der Waals surface area contributed by atoms with Crippen LogP contribution in [0.15, 0.2) is 449 Å². The lowest BCUT2D eigenvalue weighted by Gasteiger charge is -2.04. The van der Waals surface area contributed by atoms with Crippen LogP contribution >= 0.6 is 0 Å². The second-order valence-corrected chi connectivity index (χ2v) is 35.7. The van der Waals surface area contributed by atoms with Crippen molar-refractivity contribution in [2.75, 3.05) is 0 Å². The van der Waals surface area contributed by atoms with Crippen LogP contribution in [0.3, 0.4) is 0 Å². The van der Waals surface area contributed by atoms with Crippen molar-refractivity contribution in [3.05, 3.63) is 449 Å². The van der Waals surface area contributed by atoms with Crippen LogP contribution in [0, 0.1) is 0 Å². The van der Waals surface area contributed by atoms with Crippen molar-refractivity contribution in [3.63, 3.8) is 0 Å². The second kappa shape index (κ2) is 32.9. The molecule has 638 valence electrons. The summed E-state index contributed by atoms with van der Waals surface area (Å²) in [5.74, 6) is 0. The van der Waals surface area contributed by atoms with Crippen molar-refractivity contribution in [3.8, 4) is 0 Å². The van der Waals surface area contributed by atoms with E-state index in [1.54, 1.807) is 0 Å². The van der Waals surface area contributed by atoms with Gasteiger partial charge in [0, 0.05) is 201 Å². The third kappa shape index (κ3) is 13.2. The summed E-state index contributed by atoms with van der Waals surface area (Å²) in [6.45, 7) is 0. The number of hydrogen-bond donors (Lipinski definition) is 0. The Labute approximate surface area is 774 Å². The van der Waals surface area contributed by atoms with Gasteiger partial charge in [-0.1, -0.05) is 382 Å². The molecular formula is C127H95N7. The molecule has 30 rings (SSSR count). The Hall–Kier alpha value is -17.0. The summed E-state index contributed by atoms with van der Waals surface area (Å²) in [4.78, 5) is 0. The van der Waals surface area contributed by atoms with E-state index in [0.717, 1.165) is 0 Å². The van der Waals surface area contributed by atoms with Gasteiger partial charge in [0.15, 0.2) is 0 Å². The number of para-hydroxylation sites is 5. The predicted molar refractivity (Wildman–Crippen MR) is 581 cm³/mol. The molecule has 0 aliphatic rings. The largest absolute Gasteiger partial charge is 0.344 e. The van der Waals surface area contributed by atoms with Crippen molar-refractivity contribution < 1.29 is 0 Å². The minimum Gasteiger partial charge on any atom is -0.344 e. The molecule has 0 amide bonds. The van der Waals surface area contributed by atoms with Gasteiger partial charge in [-0.15, -0.1) is 0 Å². The molecule has 0 spiro atoms. The average molecular weight is 1720 g/mol. The van der Waals surface area contributed by atoms with E-state index in [1.807, 2.05) is 0 Å². The topological polar surface area (TPSA) is 34.5 Å². The molecule has 0 saturated heterocycles. The third-order valence-corrected chi connectivity index (χ3v) is 28.5. The molecule has 23 aromatic carbocycles. The Balaban J connectivity index is 0.0000000862.